The average molecular weight is 284 g/mol. The van der Waals surface area contributed by atoms with Gasteiger partial charge in [0.2, 0.25) is 0 Å². The molecule has 2 unspecified atom stereocenters. The molecule has 0 radical (unpaired) electrons. The number of carboxylic acid groups (broad SMARTS) is 1. The van der Waals surface area contributed by atoms with Crippen molar-refractivity contribution in [3.63, 3.8) is 0 Å². The predicted octanol–water partition coefficient (Wildman–Crippen LogP) is 2.56. The summed E-state index contributed by atoms with van der Waals surface area (Å²) in [4.78, 5) is 24.9. The van der Waals surface area contributed by atoms with Gasteiger partial charge in [-0.05, 0) is 37.5 Å². The second kappa shape index (κ2) is 7.50. The standard InChI is InChI=1S/C15H28N2O3/c1-10(2)5-13(7-14(18)19)8-16-15(20)17-9-11(3)6-12(17)4/h10-13H,5-9H2,1-4H3,(H,16,20)(H,18,19)/t11?,12?,13-/m0/s1. The molecule has 5 nitrogen and oxygen atoms in total. The van der Waals surface area contributed by atoms with Gasteiger partial charge >= 0.3 is 12.0 Å². The molecule has 0 aromatic heterocycles. The van der Waals surface area contributed by atoms with Crippen molar-refractivity contribution in [1.29, 1.82) is 0 Å². The molecule has 1 saturated heterocycles. The first-order valence-corrected chi connectivity index (χ1v) is 7.55. The summed E-state index contributed by atoms with van der Waals surface area (Å²) >= 11 is 0. The van der Waals surface area contributed by atoms with Crippen LogP contribution < -0.4 is 5.32 Å². The highest BCUT2D eigenvalue weighted by atomic mass is 16.4. The third kappa shape index (κ3) is 5.39. The lowest BCUT2D eigenvalue weighted by molar-refractivity contribution is -0.138. The van der Waals surface area contributed by atoms with E-state index < -0.39 is 5.97 Å². The highest BCUT2D eigenvalue weighted by molar-refractivity contribution is 5.75. The third-order valence-corrected chi connectivity index (χ3v) is 3.85. The lowest BCUT2D eigenvalue weighted by Gasteiger charge is -2.24. The van der Waals surface area contributed by atoms with Crippen molar-refractivity contribution in [2.45, 2.75) is 53.0 Å². The summed E-state index contributed by atoms with van der Waals surface area (Å²) in [5.74, 6) is 0.183. The molecule has 0 bridgehead atoms. The van der Waals surface area contributed by atoms with Gasteiger partial charge in [-0.2, -0.15) is 0 Å². The Morgan fingerprint density at radius 2 is 2.00 bits per heavy atom. The topological polar surface area (TPSA) is 69.6 Å². The molecule has 2 amide bonds. The molecule has 0 aromatic carbocycles. The Morgan fingerprint density at radius 3 is 2.45 bits per heavy atom. The number of urea groups is 1. The maximum atomic E-state index is 12.1. The first kappa shape index (κ1) is 16.8. The lowest BCUT2D eigenvalue weighted by Crippen LogP contribution is -2.43. The second-order valence-electron chi connectivity index (χ2n) is 6.62. The maximum absolute atomic E-state index is 12.1. The van der Waals surface area contributed by atoms with Crippen LogP contribution in [0.5, 0.6) is 0 Å². The van der Waals surface area contributed by atoms with Crippen molar-refractivity contribution in [2.75, 3.05) is 13.1 Å². The molecule has 0 saturated carbocycles. The molecule has 0 spiro atoms. The van der Waals surface area contributed by atoms with Crippen molar-refractivity contribution in [1.82, 2.24) is 10.2 Å². The average Bonchev–Trinajstić information content (AvgIpc) is 2.63. The minimum absolute atomic E-state index is 0.00628. The zero-order valence-corrected chi connectivity index (χ0v) is 13.1. The Kier molecular flexibility index (Phi) is 6.30. The molecular weight excluding hydrogens is 256 g/mol. The van der Waals surface area contributed by atoms with Crippen LogP contribution in [0.4, 0.5) is 4.79 Å². The van der Waals surface area contributed by atoms with Crippen LogP contribution in [0.1, 0.15) is 47.0 Å². The zero-order chi connectivity index (χ0) is 15.3. The monoisotopic (exact) mass is 284 g/mol. The van der Waals surface area contributed by atoms with Crippen LogP contribution in [-0.2, 0) is 4.79 Å². The van der Waals surface area contributed by atoms with Crippen LogP contribution in [-0.4, -0.2) is 41.1 Å². The molecule has 20 heavy (non-hydrogen) atoms. The minimum atomic E-state index is -0.798. The van der Waals surface area contributed by atoms with Gasteiger partial charge < -0.3 is 15.3 Å². The maximum Gasteiger partial charge on any atom is 0.317 e. The smallest absolute Gasteiger partial charge is 0.317 e. The van der Waals surface area contributed by atoms with Crippen molar-refractivity contribution in [3.8, 4) is 0 Å². The van der Waals surface area contributed by atoms with Gasteiger partial charge in [-0.15, -0.1) is 0 Å². The number of carboxylic acids is 1. The number of hydrogen-bond acceptors (Lipinski definition) is 2. The van der Waals surface area contributed by atoms with Crippen LogP contribution in [0.3, 0.4) is 0 Å². The third-order valence-electron chi connectivity index (χ3n) is 3.85. The Labute approximate surface area is 121 Å². The molecule has 1 fully saturated rings. The van der Waals surface area contributed by atoms with E-state index in [0.29, 0.717) is 18.4 Å². The molecule has 5 heteroatoms. The number of rotatable bonds is 6. The van der Waals surface area contributed by atoms with E-state index >= 15 is 0 Å². The second-order valence-corrected chi connectivity index (χ2v) is 6.62. The molecular formula is C15H28N2O3. The predicted molar refractivity (Wildman–Crippen MR) is 78.5 cm³/mol. The van der Waals surface area contributed by atoms with Gasteiger partial charge in [0.25, 0.3) is 0 Å². The lowest BCUT2D eigenvalue weighted by atomic mass is 9.94. The number of likely N-dealkylation sites (tertiary alicyclic amines) is 1. The highest BCUT2D eigenvalue weighted by Gasteiger charge is 2.30. The molecule has 0 aliphatic carbocycles. The quantitative estimate of drug-likeness (QED) is 0.787. The largest absolute Gasteiger partial charge is 0.481 e. The van der Waals surface area contributed by atoms with Gasteiger partial charge in [-0.1, -0.05) is 20.8 Å². The first-order chi connectivity index (χ1) is 9.29. The van der Waals surface area contributed by atoms with Crippen LogP contribution in [0.25, 0.3) is 0 Å². The Bertz CT molecular complexity index is 344. The molecule has 0 aromatic rings. The summed E-state index contributed by atoms with van der Waals surface area (Å²) in [5.41, 5.74) is 0. The fourth-order valence-electron chi connectivity index (χ4n) is 3.07. The van der Waals surface area contributed by atoms with Crippen molar-refractivity contribution >= 4 is 12.0 Å². The Morgan fingerprint density at radius 1 is 1.35 bits per heavy atom. The van der Waals surface area contributed by atoms with Crippen molar-refractivity contribution < 1.29 is 14.7 Å². The van der Waals surface area contributed by atoms with Crippen LogP contribution in [0, 0.1) is 17.8 Å². The van der Waals surface area contributed by atoms with Gasteiger partial charge in [0.05, 0.1) is 0 Å². The van der Waals surface area contributed by atoms with E-state index in [9.17, 15) is 9.59 Å². The number of carbonyl (C=O) groups excluding carboxylic acids is 1. The molecule has 2 N–H and O–H groups in total. The summed E-state index contributed by atoms with van der Waals surface area (Å²) in [5, 5.41) is 11.8. The Hall–Kier alpha value is -1.26. The molecule has 1 aliphatic rings. The van der Waals surface area contributed by atoms with Gasteiger partial charge in [0.1, 0.15) is 0 Å². The highest BCUT2D eigenvalue weighted by Crippen LogP contribution is 2.22. The number of amides is 2. The Balaban J connectivity index is 2.45. The number of aliphatic carboxylic acids is 1. The van der Waals surface area contributed by atoms with Gasteiger partial charge in [-0.25, -0.2) is 4.79 Å². The molecule has 116 valence electrons. The van der Waals surface area contributed by atoms with Gasteiger partial charge in [-0.3, -0.25) is 4.79 Å². The van der Waals surface area contributed by atoms with Crippen molar-refractivity contribution in [2.24, 2.45) is 17.8 Å². The number of carbonyl (C=O) groups is 2. The van der Waals surface area contributed by atoms with E-state index in [1.807, 2.05) is 4.90 Å². The van der Waals surface area contributed by atoms with E-state index in [1.165, 1.54) is 0 Å². The first-order valence-electron chi connectivity index (χ1n) is 7.55. The number of hydrogen-bond donors (Lipinski definition) is 2. The molecule has 1 aliphatic heterocycles. The van der Waals surface area contributed by atoms with E-state index in [-0.39, 0.29) is 24.4 Å². The van der Waals surface area contributed by atoms with Crippen LogP contribution in [0.15, 0.2) is 0 Å². The van der Waals surface area contributed by atoms with Gasteiger partial charge in [0.15, 0.2) is 0 Å². The summed E-state index contributed by atoms with van der Waals surface area (Å²) in [6, 6.07) is 0.217. The molecule has 3 atom stereocenters. The number of nitrogens with one attached hydrogen (secondary N) is 1. The summed E-state index contributed by atoms with van der Waals surface area (Å²) in [7, 11) is 0. The summed E-state index contributed by atoms with van der Waals surface area (Å²) < 4.78 is 0. The molecule has 1 rings (SSSR count). The summed E-state index contributed by atoms with van der Waals surface area (Å²) in [6.45, 7) is 9.59. The van der Waals surface area contributed by atoms with Gasteiger partial charge in [0, 0.05) is 25.6 Å². The van der Waals surface area contributed by atoms with E-state index in [4.69, 9.17) is 5.11 Å². The zero-order valence-electron chi connectivity index (χ0n) is 13.1. The fraction of sp³-hybridized carbons (Fsp3) is 0.867. The van der Waals surface area contributed by atoms with Crippen LogP contribution >= 0.6 is 0 Å². The van der Waals surface area contributed by atoms with E-state index in [1.54, 1.807) is 0 Å². The fourth-order valence-corrected chi connectivity index (χ4v) is 3.07. The van der Waals surface area contributed by atoms with Crippen LogP contribution in [0.2, 0.25) is 0 Å². The minimum Gasteiger partial charge on any atom is -0.481 e. The number of nitrogens with zero attached hydrogens (tertiary/aromatic N) is 1. The SMILES string of the molecule is CC(C)C[C@H](CNC(=O)N1CC(C)CC1C)CC(=O)O. The summed E-state index contributed by atoms with van der Waals surface area (Å²) in [6.07, 6.45) is 1.97. The molecule has 1 heterocycles. The van der Waals surface area contributed by atoms with E-state index in [0.717, 1.165) is 19.4 Å². The normalized spacial score (nSPS) is 23.9. The van der Waals surface area contributed by atoms with E-state index in [2.05, 4.69) is 33.0 Å². The van der Waals surface area contributed by atoms with Crippen molar-refractivity contribution in [3.05, 3.63) is 0 Å².